The molecular formula is C20H18N2O4. The molecule has 0 bridgehead atoms. The minimum Gasteiger partial charge on any atom is -0.462 e. The SMILES string of the molecule is CCOC(=O)c1cn2ccc3c4ccccc4[nH]c3c2c1C(=O)OCC. The summed E-state index contributed by atoms with van der Waals surface area (Å²) in [5, 5.41) is 2.03. The third-order valence-corrected chi connectivity index (χ3v) is 4.39. The Bertz CT molecular complexity index is 1150. The molecule has 6 nitrogen and oxygen atoms in total. The van der Waals surface area contributed by atoms with Gasteiger partial charge >= 0.3 is 11.9 Å². The molecule has 4 aromatic rings. The minimum absolute atomic E-state index is 0.205. The van der Waals surface area contributed by atoms with Gasteiger partial charge in [-0.15, -0.1) is 0 Å². The van der Waals surface area contributed by atoms with Crippen molar-refractivity contribution >= 4 is 39.3 Å². The summed E-state index contributed by atoms with van der Waals surface area (Å²) >= 11 is 0. The van der Waals surface area contributed by atoms with Crippen molar-refractivity contribution in [2.45, 2.75) is 13.8 Å². The molecule has 0 amide bonds. The average Bonchev–Trinajstić information content (AvgIpc) is 3.20. The van der Waals surface area contributed by atoms with Crippen LogP contribution in [0.5, 0.6) is 0 Å². The summed E-state index contributed by atoms with van der Waals surface area (Å²) in [7, 11) is 0. The molecule has 0 aliphatic heterocycles. The number of nitrogens with one attached hydrogen (secondary N) is 1. The molecule has 0 spiro atoms. The zero-order valence-electron chi connectivity index (χ0n) is 14.5. The van der Waals surface area contributed by atoms with Gasteiger partial charge in [0.25, 0.3) is 0 Å². The first-order valence-electron chi connectivity index (χ1n) is 8.54. The molecule has 0 aliphatic carbocycles. The second-order valence-corrected chi connectivity index (χ2v) is 5.89. The van der Waals surface area contributed by atoms with Crippen LogP contribution in [-0.2, 0) is 9.47 Å². The lowest BCUT2D eigenvalue weighted by molar-refractivity contribution is 0.0482. The van der Waals surface area contributed by atoms with Gasteiger partial charge in [0.1, 0.15) is 5.56 Å². The zero-order chi connectivity index (χ0) is 18.3. The van der Waals surface area contributed by atoms with Crippen LogP contribution in [0.2, 0.25) is 0 Å². The summed E-state index contributed by atoms with van der Waals surface area (Å²) in [5.74, 6) is -1.08. The number of benzene rings is 1. The van der Waals surface area contributed by atoms with E-state index < -0.39 is 11.9 Å². The van der Waals surface area contributed by atoms with E-state index in [-0.39, 0.29) is 24.3 Å². The number of carbonyl (C=O) groups excluding carboxylic acids is 2. The fourth-order valence-corrected chi connectivity index (χ4v) is 3.35. The van der Waals surface area contributed by atoms with E-state index in [9.17, 15) is 9.59 Å². The smallest absolute Gasteiger partial charge is 0.341 e. The number of nitrogens with zero attached hydrogens (tertiary/aromatic N) is 1. The molecule has 0 saturated heterocycles. The van der Waals surface area contributed by atoms with Crippen LogP contribution in [0, 0.1) is 0 Å². The second kappa shape index (κ2) is 6.22. The molecule has 0 atom stereocenters. The van der Waals surface area contributed by atoms with Gasteiger partial charge in [-0.3, -0.25) is 0 Å². The fourth-order valence-electron chi connectivity index (χ4n) is 3.35. The summed E-state index contributed by atoms with van der Waals surface area (Å²) in [6.07, 6.45) is 3.45. The number of H-pyrrole nitrogens is 1. The van der Waals surface area contributed by atoms with Crippen molar-refractivity contribution < 1.29 is 19.1 Å². The summed E-state index contributed by atoms with van der Waals surface area (Å²) < 4.78 is 12.1. The number of hydrogen-bond donors (Lipinski definition) is 1. The van der Waals surface area contributed by atoms with Gasteiger partial charge in [0.2, 0.25) is 0 Å². The van der Waals surface area contributed by atoms with Crippen LogP contribution in [0.25, 0.3) is 27.3 Å². The van der Waals surface area contributed by atoms with E-state index in [4.69, 9.17) is 9.47 Å². The third kappa shape index (κ3) is 2.34. The molecule has 3 aromatic heterocycles. The molecule has 1 aromatic carbocycles. The number of carbonyl (C=O) groups is 2. The van der Waals surface area contributed by atoms with Crippen LogP contribution in [-0.4, -0.2) is 34.5 Å². The van der Waals surface area contributed by atoms with Gasteiger partial charge < -0.3 is 18.9 Å². The van der Waals surface area contributed by atoms with Crippen molar-refractivity contribution in [3.8, 4) is 0 Å². The number of rotatable bonds is 4. The highest BCUT2D eigenvalue weighted by Crippen LogP contribution is 2.32. The average molecular weight is 350 g/mol. The van der Waals surface area contributed by atoms with Crippen LogP contribution < -0.4 is 0 Å². The molecule has 6 heteroatoms. The summed E-state index contributed by atoms with van der Waals surface area (Å²) in [6.45, 7) is 3.92. The first-order chi connectivity index (χ1) is 12.7. The van der Waals surface area contributed by atoms with Crippen LogP contribution in [0.1, 0.15) is 34.6 Å². The largest absolute Gasteiger partial charge is 0.462 e. The maximum atomic E-state index is 12.7. The van der Waals surface area contributed by atoms with Crippen molar-refractivity contribution in [1.29, 1.82) is 0 Å². The standard InChI is InChI=1S/C20H18N2O4/c1-3-25-19(23)14-11-22-10-9-13-12-7-5-6-8-15(12)21-17(13)18(22)16(14)20(24)26-4-2/h5-11,21H,3-4H2,1-2H3. The Morgan fingerprint density at radius 2 is 1.73 bits per heavy atom. The lowest BCUT2D eigenvalue weighted by Gasteiger charge is -2.05. The van der Waals surface area contributed by atoms with E-state index in [1.807, 2.05) is 36.5 Å². The number of esters is 2. The zero-order valence-corrected chi connectivity index (χ0v) is 14.5. The van der Waals surface area contributed by atoms with Gasteiger partial charge in [-0.1, -0.05) is 18.2 Å². The van der Waals surface area contributed by atoms with Crippen molar-refractivity contribution in [2.75, 3.05) is 13.2 Å². The number of fused-ring (bicyclic) bond motifs is 5. The van der Waals surface area contributed by atoms with Gasteiger partial charge in [0.05, 0.1) is 29.8 Å². The summed E-state index contributed by atoms with van der Waals surface area (Å²) in [5.41, 5.74) is 2.79. The van der Waals surface area contributed by atoms with Crippen molar-refractivity contribution in [3.63, 3.8) is 0 Å². The molecule has 26 heavy (non-hydrogen) atoms. The van der Waals surface area contributed by atoms with Gasteiger partial charge in [-0.05, 0) is 26.0 Å². The molecule has 1 N–H and O–H groups in total. The summed E-state index contributed by atoms with van der Waals surface area (Å²) in [4.78, 5) is 28.4. The normalized spacial score (nSPS) is 11.3. The molecule has 132 valence electrons. The van der Waals surface area contributed by atoms with Crippen LogP contribution in [0.4, 0.5) is 0 Å². The van der Waals surface area contributed by atoms with Crippen molar-refractivity contribution in [3.05, 3.63) is 53.9 Å². The van der Waals surface area contributed by atoms with E-state index in [1.54, 1.807) is 24.4 Å². The highest BCUT2D eigenvalue weighted by molar-refractivity contribution is 6.18. The Hall–Kier alpha value is -3.28. The molecule has 3 heterocycles. The van der Waals surface area contributed by atoms with Crippen molar-refractivity contribution in [1.82, 2.24) is 9.38 Å². The molecule has 0 saturated carbocycles. The second-order valence-electron chi connectivity index (χ2n) is 5.89. The Morgan fingerprint density at radius 1 is 1.00 bits per heavy atom. The van der Waals surface area contributed by atoms with E-state index in [0.717, 1.165) is 21.8 Å². The Balaban J connectivity index is 2.10. The van der Waals surface area contributed by atoms with Crippen molar-refractivity contribution in [2.24, 2.45) is 0 Å². The van der Waals surface area contributed by atoms with E-state index in [2.05, 4.69) is 4.98 Å². The van der Waals surface area contributed by atoms with Crippen LogP contribution in [0.3, 0.4) is 0 Å². The topological polar surface area (TPSA) is 72.8 Å². The van der Waals surface area contributed by atoms with Gasteiger partial charge in [-0.25, -0.2) is 9.59 Å². The van der Waals surface area contributed by atoms with Gasteiger partial charge in [-0.2, -0.15) is 0 Å². The number of aromatic amines is 1. The monoisotopic (exact) mass is 350 g/mol. The predicted octanol–water partition coefficient (Wildman–Crippen LogP) is 3.93. The van der Waals surface area contributed by atoms with E-state index >= 15 is 0 Å². The van der Waals surface area contributed by atoms with E-state index in [0.29, 0.717) is 5.52 Å². The minimum atomic E-state index is -0.538. The molecule has 0 fully saturated rings. The third-order valence-electron chi connectivity index (χ3n) is 4.39. The number of pyridine rings is 1. The maximum Gasteiger partial charge on any atom is 0.341 e. The van der Waals surface area contributed by atoms with Crippen LogP contribution >= 0.6 is 0 Å². The van der Waals surface area contributed by atoms with Gasteiger partial charge in [0, 0.05) is 28.7 Å². The predicted molar refractivity (Wildman–Crippen MR) is 98.7 cm³/mol. The lowest BCUT2D eigenvalue weighted by atomic mass is 10.1. The Labute approximate surface area is 149 Å². The lowest BCUT2D eigenvalue weighted by Crippen LogP contribution is -2.12. The van der Waals surface area contributed by atoms with E-state index in [1.165, 1.54) is 0 Å². The molecule has 0 aliphatic rings. The molecule has 0 radical (unpaired) electrons. The number of aromatic nitrogens is 2. The Kier molecular flexibility index (Phi) is 3.88. The Morgan fingerprint density at radius 3 is 2.50 bits per heavy atom. The maximum absolute atomic E-state index is 12.7. The molecular weight excluding hydrogens is 332 g/mol. The molecule has 4 rings (SSSR count). The number of ether oxygens (including phenoxy) is 2. The quantitative estimate of drug-likeness (QED) is 0.566. The fraction of sp³-hybridized carbons (Fsp3) is 0.200. The number of hydrogen-bond acceptors (Lipinski definition) is 4. The molecule has 0 unspecified atom stereocenters. The first kappa shape index (κ1) is 16.2. The summed E-state index contributed by atoms with van der Waals surface area (Å²) in [6, 6.07) is 9.87. The number of para-hydroxylation sites is 1. The first-order valence-corrected chi connectivity index (χ1v) is 8.54. The van der Waals surface area contributed by atoms with Crippen LogP contribution in [0.15, 0.2) is 42.7 Å². The highest BCUT2D eigenvalue weighted by atomic mass is 16.5. The highest BCUT2D eigenvalue weighted by Gasteiger charge is 2.26. The van der Waals surface area contributed by atoms with Gasteiger partial charge in [0.15, 0.2) is 0 Å².